The number of fused-ring (bicyclic) bond motifs is 1. The second-order valence-electron chi connectivity index (χ2n) is 5.37. The highest BCUT2D eigenvalue weighted by molar-refractivity contribution is 8.01. The number of nitro groups is 2. The van der Waals surface area contributed by atoms with E-state index in [0.717, 1.165) is 11.8 Å². The quantitative estimate of drug-likeness (QED) is 0.345. The van der Waals surface area contributed by atoms with Crippen LogP contribution in [-0.2, 0) is 4.79 Å². The first-order valence-corrected chi connectivity index (χ1v) is 9.47. The summed E-state index contributed by atoms with van der Waals surface area (Å²) in [5, 5.41) is 24.5. The zero-order valence-electron chi connectivity index (χ0n) is 14.3. The van der Waals surface area contributed by atoms with Gasteiger partial charge in [-0.25, -0.2) is 4.98 Å². The van der Waals surface area contributed by atoms with Crippen LogP contribution < -0.4 is 10.1 Å². The first kappa shape index (κ1) is 19.5. The second-order valence-corrected chi connectivity index (χ2v) is 7.62. The molecule has 0 unspecified atom stereocenters. The summed E-state index contributed by atoms with van der Waals surface area (Å²) >= 11 is 2.37. The van der Waals surface area contributed by atoms with Gasteiger partial charge >= 0.3 is 0 Å². The molecule has 1 heterocycles. The molecule has 0 saturated carbocycles. The molecule has 3 aromatic rings. The highest BCUT2D eigenvalue weighted by atomic mass is 32.2. The molecule has 1 aromatic heterocycles. The van der Waals surface area contributed by atoms with Gasteiger partial charge in [-0.3, -0.25) is 25.0 Å². The number of nitrogens with one attached hydrogen (secondary N) is 1. The molecule has 0 fully saturated rings. The average Bonchev–Trinajstić information content (AvgIpc) is 3.08. The Bertz CT molecular complexity index is 1080. The van der Waals surface area contributed by atoms with Crippen molar-refractivity contribution in [3.63, 3.8) is 0 Å². The lowest BCUT2D eigenvalue weighted by Gasteiger charge is -2.07. The minimum absolute atomic E-state index is 0.0227. The van der Waals surface area contributed by atoms with Gasteiger partial charge in [-0.15, -0.1) is 11.3 Å². The van der Waals surface area contributed by atoms with Gasteiger partial charge in [0.25, 0.3) is 11.4 Å². The predicted octanol–water partition coefficient (Wildman–Crippen LogP) is 3.85. The van der Waals surface area contributed by atoms with Crippen LogP contribution in [0.25, 0.3) is 10.2 Å². The number of nitrogens with zero attached hydrogens (tertiary/aromatic N) is 3. The molecule has 0 aliphatic heterocycles. The summed E-state index contributed by atoms with van der Waals surface area (Å²) in [7, 11) is 1.39. The van der Waals surface area contributed by atoms with E-state index in [4.69, 9.17) is 4.74 Å². The lowest BCUT2D eigenvalue weighted by molar-refractivity contribution is -0.384. The van der Waals surface area contributed by atoms with Crippen LogP contribution in [0.5, 0.6) is 5.75 Å². The number of non-ortho nitro benzene ring substituents is 1. The Balaban J connectivity index is 1.68. The fourth-order valence-electron chi connectivity index (χ4n) is 2.28. The van der Waals surface area contributed by atoms with Crippen LogP contribution in [-0.4, -0.2) is 33.6 Å². The Labute approximate surface area is 165 Å². The Morgan fingerprint density at radius 3 is 2.68 bits per heavy atom. The first-order valence-electron chi connectivity index (χ1n) is 7.67. The number of hydrogen-bond acceptors (Lipinski definition) is 9. The van der Waals surface area contributed by atoms with E-state index in [1.807, 2.05) is 0 Å². The number of nitro benzene ring substituents is 2. The number of rotatable bonds is 7. The molecule has 1 amide bonds. The van der Waals surface area contributed by atoms with Crippen molar-refractivity contribution in [2.45, 2.75) is 4.34 Å². The van der Waals surface area contributed by atoms with E-state index in [1.165, 1.54) is 48.8 Å². The summed E-state index contributed by atoms with van der Waals surface area (Å²) in [6, 6.07) is 8.48. The molecular weight excluding hydrogens is 408 g/mol. The molecule has 0 radical (unpaired) electrons. The highest BCUT2D eigenvalue weighted by Gasteiger charge is 2.18. The van der Waals surface area contributed by atoms with E-state index in [1.54, 1.807) is 6.07 Å². The molecule has 0 saturated heterocycles. The van der Waals surface area contributed by atoms with Crippen LogP contribution in [0.2, 0.25) is 0 Å². The van der Waals surface area contributed by atoms with Gasteiger partial charge in [0.1, 0.15) is 11.4 Å². The van der Waals surface area contributed by atoms with Crippen molar-refractivity contribution in [2.24, 2.45) is 0 Å². The molecule has 3 rings (SSSR count). The van der Waals surface area contributed by atoms with E-state index >= 15 is 0 Å². The summed E-state index contributed by atoms with van der Waals surface area (Å²) in [5.41, 5.74) is 0.364. The van der Waals surface area contributed by atoms with Gasteiger partial charge in [0.15, 0.2) is 4.34 Å². The number of thioether (sulfide) groups is 1. The summed E-state index contributed by atoms with van der Waals surface area (Å²) in [6.07, 6.45) is 0. The number of benzene rings is 2. The topological polar surface area (TPSA) is 138 Å². The maximum atomic E-state index is 12.2. The Morgan fingerprint density at radius 1 is 1.21 bits per heavy atom. The zero-order valence-corrected chi connectivity index (χ0v) is 15.9. The smallest absolute Gasteiger partial charge is 0.296 e. The largest absolute Gasteiger partial charge is 0.496 e. The van der Waals surface area contributed by atoms with Gasteiger partial charge in [0.2, 0.25) is 5.91 Å². The van der Waals surface area contributed by atoms with Crippen molar-refractivity contribution >= 4 is 56.3 Å². The molecule has 0 bridgehead atoms. The number of ether oxygens (including phenoxy) is 1. The van der Waals surface area contributed by atoms with Crippen LogP contribution in [0.3, 0.4) is 0 Å². The Kier molecular flexibility index (Phi) is 5.70. The normalized spacial score (nSPS) is 10.6. The minimum Gasteiger partial charge on any atom is -0.496 e. The maximum Gasteiger partial charge on any atom is 0.296 e. The molecule has 144 valence electrons. The highest BCUT2D eigenvalue weighted by Crippen LogP contribution is 2.32. The standard InChI is InChI=1S/C16H12N4O6S2/c1-26-10-3-5-11(13(7-10)20(24)25)17-15(21)8-27-16-18-12-4-2-9(19(22)23)6-14(12)28-16/h2-7H,8H2,1H3,(H,17,21). The molecule has 10 nitrogen and oxygen atoms in total. The summed E-state index contributed by atoms with van der Waals surface area (Å²) in [4.78, 5) is 37.4. The molecule has 0 atom stereocenters. The van der Waals surface area contributed by atoms with E-state index < -0.39 is 15.8 Å². The van der Waals surface area contributed by atoms with Gasteiger partial charge in [0.05, 0.1) is 39.0 Å². The summed E-state index contributed by atoms with van der Waals surface area (Å²) < 4.78 is 6.16. The first-order chi connectivity index (χ1) is 13.4. The number of aromatic nitrogens is 1. The number of methoxy groups -OCH3 is 1. The third-order valence-electron chi connectivity index (χ3n) is 3.57. The third-order valence-corrected chi connectivity index (χ3v) is 5.73. The second kappa shape index (κ2) is 8.19. The summed E-state index contributed by atoms with van der Waals surface area (Å²) in [6.45, 7) is 0. The number of thiazole rings is 1. The fourth-order valence-corrected chi connectivity index (χ4v) is 4.18. The van der Waals surface area contributed by atoms with Crippen molar-refractivity contribution < 1.29 is 19.4 Å². The Hall–Kier alpha value is -3.25. The number of carbonyl (C=O) groups is 1. The monoisotopic (exact) mass is 420 g/mol. The Morgan fingerprint density at radius 2 is 2.00 bits per heavy atom. The molecule has 0 aliphatic carbocycles. The average molecular weight is 420 g/mol. The number of hydrogen-bond donors (Lipinski definition) is 1. The number of anilines is 1. The van der Waals surface area contributed by atoms with Gasteiger partial charge < -0.3 is 10.1 Å². The van der Waals surface area contributed by atoms with E-state index in [9.17, 15) is 25.0 Å². The van der Waals surface area contributed by atoms with Gasteiger partial charge in [-0.05, 0) is 18.2 Å². The lowest BCUT2D eigenvalue weighted by Crippen LogP contribution is -2.15. The van der Waals surface area contributed by atoms with E-state index in [2.05, 4.69) is 10.3 Å². The van der Waals surface area contributed by atoms with E-state index in [-0.39, 0.29) is 22.8 Å². The maximum absolute atomic E-state index is 12.2. The number of amides is 1. The van der Waals surface area contributed by atoms with Crippen LogP contribution in [0.4, 0.5) is 17.1 Å². The number of carbonyl (C=O) groups excluding carboxylic acids is 1. The van der Waals surface area contributed by atoms with Gasteiger partial charge in [-0.2, -0.15) is 0 Å². The zero-order chi connectivity index (χ0) is 20.3. The van der Waals surface area contributed by atoms with E-state index in [0.29, 0.717) is 20.3 Å². The van der Waals surface area contributed by atoms with Crippen molar-refractivity contribution in [1.82, 2.24) is 4.98 Å². The van der Waals surface area contributed by atoms with Crippen molar-refractivity contribution in [3.8, 4) is 5.75 Å². The van der Waals surface area contributed by atoms with Gasteiger partial charge in [0, 0.05) is 12.1 Å². The molecule has 1 N–H and O–H groups in total. The minimum atomic E-state index is -0.605. The van der Waals surface area contributed by atoms with Crippen LogP contribution in [0.1, 0.15) is 0 Å². The predicted molar refractivity (Wildman–Crippen MR) is 105 cm³/mol. The molecule has 0 aliphatic rings. The van der Waals surface area contributed by atoms with Crippen molar-refractivity contribution in [1.29, 1.82) is 0 Å². The summed E-state index contributed by atoms with van der Waals surface area (Å²) in [5.74, 6) is -0.156. The van der Waals surface area contributed by atoms with Crippen molar-refractivity contribution in [2.75, 3.05) is 18.2 Å². The molecule has 12 heteroatoms. The lowest BCUT2D eigenvalue weighted by atomic mass is 10.2. The fraction of sp³-hybridized carbons (Fsp3) is 0.125. The van der Waals surface area contributed by atoms with Crippen LogP contribution >= 0.6 is 23.1 Å². The van der Waals surface area contributed by atoms with Gasteiger partial charge in [-0.1, -0.05) is 11.8 Å². The molecule has 28 heavy (non-hydrogen) atoms. The van der Waals surface area contributed by atoms with Crippen molar-refractivity contribution in [3.05, 3.63) is 56.6 Å². The van der Waals surface area contributed by atoms with Crippen LogP contribution in [0, 0.1) is 20.2 Å². The molecule has 2 aromatic carbocycles. The SMILES string of the molecule is COc1ccc(NC(=O)CSc2nc3ccc([N+](=O)[O-])cc3s2)c([N+](=O)[O-])c1. The molecule has 0 spiro atoms. The van der Waals surface area contributed by atoms with Crippen LogP contribution in [0.15, 0.2) is 40.7 Å². The molecular formula is C16H12N4O6S2. The third kappa shape index (κ3) is 4.35.